The van der Waals surface area contributed by atoms with Gasteiger partial charge in [0, 0.05) is 5.69 Å². The minimum Gasteiger partial charge on any atom is -0.338 e. The van der Waals surface area contributed by atoms with E-state index in [1.807, 2.05) is 0 Å². The highest BCUT2D eigenvalue weighted by molar-refractivity contribution is 6.39. The van der Waals surface area contributed by atoms with Gasteiger partial charge in [0.15, 0.2) is 0 Å². The Morgan fingerprint density at radius 3 is 2.17 bits per heavy atom. The molecule has 0 unspecified atom stereocenters. The first-order chi connectivity index (χ1) is 11.0. The summed E-state index contributed by atoms with van der Waals surface area (Å²) >= 11 is 0. The summed E-state index contributed by atoms with van der Waals surface area (Å²) in [5.41, 5.74) is 0.128. The molecule has 118 valence electrons. The minimum absolute atomic E-state index is 0.195. The zero-order valence-corrected chi connectivity index (χ0v) is 12.1. The zero-order chi connectivity index (χ0) is 16.4. The Morgan fingerprint density at radius 2 is 1.57 bits per heavy atom. The molecule has 0 heterocycles. The predicted octanol–water partition coefficient (Wildman–Crippen LogP) is 2.71. The summed E-state index contributed by atoms with van der Waals surface area (Å²) in [7, 11) is 0. The second-order valence-corrected chi connectivity index (χ2v) is 5.51. The summed E-state index contributed by atoms with van der Waals surface area (Å²) in [5, 5.41) is 4.96. The number of halogens is 2. The molecular weight excluding hydrogens is 302 g/mol. The van der Waals surface area contributed by atoms with Gasteiger partial charge < -0.3 is 10.6 Å². The van der Waals surface area contributed by atoms with E-state index in [2.05, 4.69) is 10.6 Å². The summed E-state index contributed by atoms with van der Waals surface area (Å²) in [6, 6.07) is 11.2. The van der Waals surface area contributed by atoms with Crippen molar-refractivity contribution in [3.63, 3.8) is 0 Å². The van der Waals surface area contributed by atoms with E-state index in [1.165, 1.54) is 30.3 Å². The maximum Gasteiger partial charge on any atom is 0.313 e. The molecule has 1 aliphatic carbocycles. The smallest absolute Gasteiger partial charge is 0.313 e. The van der Waals surface area contributed by atoms with Crippen molar-refractivity contribution in [3.05, 3.63) is 65.7 Å². The van der Waals surface area contributed by atoms with Crippen molar-refractivity contribution in [2.75, 3.05) is 5.32 Å². The molecule has 1 fully saturated rings. The van der Waals surface area contributed by atoms with Crippen LogP contribution in [0.1, 0.15) is 18.4 Å². The third-order valence-corrected chi connectivity index (χ3v) is 3.77. The second-order valence-electron chi connectivity index (χ2n) is 5.51. The molecule has 1 saturated carbocycles. The van der Waals surface area contributed by atoms with Crippen LogP contribution in [-0.2, 0) is 15.1 Å². The average Bonchev–Trinajstić information content (AvgIpc) is 3.28. The topological polar surface area (TPSA) is 58.2 Å². The van der Waals surface area contributed by atoms with Crippen LogP contribution in [0.3, 0.4) is 0 Å². The van der Waals surface area contributed by atoms with Crippen LogP contribution in [0, 0.1) is 11.6 Å². The van der Waals surface area contributed by atoms with E-state index in [0.717, 1.165) is 6.07 Å². The molecule has 0 radical (unpaired) electrons. The molecule has 6 heteroatoms. The quantitative estimate of drug-likeness (QED) is 0.856. The number of amides is 2. The third kappa shape index (κ3) is 3.36. The molecule has 0 bridgehead atoms. The van der Waals surface area contributed by atoms with E-state index >= 15 is 0 Å². The van der Waals surface area contributed by atoms with Gasteiger partial charge in [0.1, 0.15) is 11.6 Å². The summed E-state index contributed by atoms with van der Waals surface area (Å²) in [4.78, 5) is 23.9. The Bertz CT molecular complexity index is 773. The Morgan fingerprint density at radius 1 is 0.913 bits per heavy atom. The molecular formula is C17H14F2N2O2. The molecule has 3 rings (SSSR count). The standard InChI is InChI=1S/C17H14F2N2O2/c18-12-4-1-3-11(9-12)17(7-8-17)21-16(23)15(22)20-14-6-2-5-13(19)10-14/h1-6,9-10H,7-8H2,(H,20,22)(H,21,23). The molecule has 2 aromatic rings. The van der Waals surface area contributed by atoms with Crippen molar-refractivity contribution in [2.24, 2.45) is 0 Å². The van der Waals surface area contributed by atoms with Crippen LogP contribution in [0.2, 0.25) is 0 Å². The molecule has 0 atom stereocenters. The fraction of sp³-hybridized carbons (Fsp3) is 0.176. The first-order valence-corrected chi connectivity index (χ1v) is 7.14. The highest BCUT2D eigenvalue weighted by atomic mass is 19.1. The van der Waals surface area contributed by atoms with Gasteiger partial charge in [-0.2, -0.15) is 0 Å². The summed E-state index contributed by atoms with van der Waals surface area (Å²) in [5.74, 6) is -2.64. The van der Waals surface area contributed by atoms with Crippen molar-refractivity contribution < 1.29 is 18.4 Å². The molecule has 0 saturated heterocycles. The van der Waals surface area contributed by atoms with Crippen LogP contribution in [0.5, 0.6) is 0 Å². The summed E-state index contributed by atoms with van der Waals surface area (Å²) in [6.07, 6.45) is 1.27. The maximum absolute atomic E-state index is 13.3. The van der Waals surface area contributed by atoms with E-state index in [4.69, 9.17) is 0 Å². The Hall–Kier alpha value is -2.76. The van der Waals surface area contributed by atoms with Crippen LogP contribution in [0.4, 0.5) is 14.5 Å². The SMILES string of the molecule is O=C(Nc1cccc(F)c1)C(=O)NC1(c2cccc(F)c2)CC1. The molecule has 4 nitrogen and oxygen atoms in total. The molecule has 2 N–H and O–H groups in total. The fourth-order valence-electron chi connectivity index (χ4n) is 2.43. The number of carbonyl (C=O) groups excluding carboxylic acids is 2. The summed E-state index contributed by atoms with van der Waals surface area (Å²) in [6.45, 7) is 0. The van der Waals surface area contributed by atoms with Crippen molar-refractivity contribution in [3.8, 4) is 0 Å². The van der Waals surface area contributed by atoms with Crippen LogP contribution in [-0.4, -0.2) is 11.8 Å². The summed E-state index contributed by atoms with van der Waals surface area (Å²) < 4.78 is 26.4. The molecule has 2 amide bonds. The predicted molar refractivity (Wildman–Crippen MR) is 80.5 cm³/mol. The Balaban J connectivity index is 1.68. The van der Waals surface area contributed by atoms with Gasteiger partial charge in [-0.1, -0.05) is 18.2 Å². The van der Waals surface area contributed by atoms with Gasteiger partial charge >= 0.3 is 11.8 Å². The van der Waals surface area contributed by atoms with Crippen molar-refractivity contribution in [2.45, 2.75) is 18.4 Å². The first kappa shape index (κ1) is 15.1. The van der Waals surface area contributed by atoms with Gasteiger partial charge in [-0.15, -0.1) is 0 Å². The number of hydrogen-bond donors (Lipinski definition) is 2. The molecule has 0 spiro atoms. The van der Waals surface area contributed by atoms with Gasteiger partial charge in [0.2, 0.25) is 0 Å². The highest BCUT2D eigenvalue weighted by Crippen LogP contribution is 2.45. The first-order valence-electron chi connectivity index (χ1n) is 7.14. The van der Waals surface area contributed by atoms with Crippen molar-refractivity contribution in [1.82, 2.24) is 5.32 Å². The minimum atomic E-state index is -0.890. The lowest BCUT2D eigenvalue weighted by Crippen LogP contribution is -2.42. The highest BCUT2D eigenvalue weighted by Gasteiger charge is 2.46. The number of nitrogens with one attached hydrogen (secondary N) is 2. The normalized spacial score (nSPS) is 14.9. The third-order valence-electron chi connectivity index (χ3n) is 3.77. The molecule has 23 heavy (non-hydrogen) atoms. The number of hydrogen-bond acceptors (Lipinski definition) is 2. The van der Waals surface area contributed by atoms with Crippen LogP contribution < -0.4 is 10.6 Å². The van der Waals surface area contributed by atoms with Gasteiger partial charge in [-0.05, 0) is 48.7 Å². The molecule has 1 aliphatic rings. The van der Waals surface area contributed by atoms with E-state index in [-0.39, 0.29) is 5.69 Å². The Kier molecular flexibility index (Phi) is 3.82. The van der Waals surface area contributed by atoms with E-state index in [9.17, 15) is 18.4 Å². The van der Waals surface area contributed by atoms with Crippen molar-refractivity contribution >= 4 is 17.5 Å². The monoisotopic (exact) mass is 316 g/mol. The molecule has 2 aromatic carbocycles. The number of benzene rings is 2. The molecule has 0 aromatic heterocycles. The lowest BCUT2D eigenvalue weighted by molar-refractivity contribution is -0.136. The maximum atomic E-state index is 13.3. The van der Waals surface area contributed by atoms with Crippen LogP contribution >= 0.6 is 0 Å². The average molecular weight is 316 g/mol. The van der Waals surface area contributed by atoms with E-state index in [1.54, 1.807) is 12.1 Å². The van der Waals surface area contributed by atoms with E-state index in [0.29, 0.717) is 18.4 Å². The second kappa shape index (κ2) is 5.79. The fourth-order valence-corrected chi connectivity index (χ4v) is 2.43. The lowest BCUT2D eigenvalue weighted by Gasteiger charge is -2.17. The van der Waals surface area contributed by atoms with Gasteiger partial charge in [-0.25, -0.2) is 8.78 Å². The molecule has 0 aliphatic heterocycles. The van der Waals surface area contributed by atoms with Crippen LogP contribution in [0.25, 0.3) is 0 Å². The number of anilines is 1. The number of rotatable bonds is 3. The number of carbonyl (C=O) groups is 2. The zero-order valence-electron chi connectivity index (χ0n) is 12.1. The lowest BCUT2D eigenvalue weighted by atomic mass is 10.0. The van der Waals surface area contributed by atoms with Gasteiger partial charge in [0.25, 0.3) is 0 Å². The largest absolute Gasteiger partial charge is 0.338 e. The van der Waals surface area contributed by atoms with Gasteiger partial charge in [-0.3, -0.25) is 9.59 Å². The Labute approximate surface area is 131 Å². The van der Waals surface area contributed by atoms with Crippen LogP contribution in [0.15, 0.2) is 48.5 Å². The van der Waals surface area contributed by atoms with Crippen molar-refractivity contribution in [1.29, 1.82) is 0 Å². The van der Waals surface area contributed by atoms with E-state index < -0.39 is 29.0 Å². The van der Waals surface area contributed by atoms with Gasteiger partial charge in [0.05, 0.1) is 5.54 Å².